The molecule has 1 aliphatic carbocycles. The molecule has 0 saturated heterocycles. The van der Waals surface area contributed by atoms with Gasteiger partial charge in [-0.3, -0.25) is 0 Å². The van der Waals surface area contributed by atoms with Crippen LogP contribution in [-0.4, -0.2) is 33.7 Å². The van der Waals surface area contributed by atoms with Crippen LogP contribution >= 0.6 is 0 Å². The number of nitrogens with zero attached hydrogens (tertiary/aromatic N) is 3. The molecule has 5 heteroatoms. The molecule has 102 valence electrons. The van der Waals surface area contributed by atoms with Gasteiger partial charge in [-0.2, -0.15) is 0 Å². The molecule has 0 spiro atoms. The lowest BCUT2D eigenvalue weighted by atomic mass is 9.89. The number of rotatable bonds is 5. The first kappa shape index (κ1) is 13.5. The molecule has 2 rings (SSSR count). The van der Waals surface area contributed by atoms with Crippen molar-refractivity contribution in [2.45, 2.75) is 64.8 Å². The van der Waals surface area contributed by atoms with Crippen molar-refractivity contribution in [1.82, 2.24) is 20.3 Å². The van der Waals surface area contributed by atoms with Gasteiger partial charge in [-0.25, -0.2) is 4.68 Å². The van der Waals surface area contributed by atoms with Gasteiger partial charge in [0, 0.05) is 19.2 Å². The monoisotopic (exact) mass is 252 g/mol. The maximum Gasteiger partial charge on any atom is 0.0965 e. The number of aromatic nitrogens is 3. The minimum atomic E-state index is 0.00177. The molecule has 0 atom stereocenters. The molecule has 1 fully saturated rings. The summed E-state index contributed by atoms with van der Waals surface area (Å²) in [6.45, 7) is 10.0. The van der Waals surface area contributed by atoms with Gasteiger partial charge in [0.05, 0.1) is 23.5 Å². The lowest BCUT2D eigenvalue weighted by Crippen LogP contribution is -2.45. The fraction of sp³-hybridized carbons (Fsp3) is 0.846. The van der Waals surface area contributed by atoms with Gasteiger partial charge in [0.25, 0.3) is 0 Å². The van der Waals surface area contributed by atoms with E-state index in [2.05, 4.69) is 36.4 Å². The molecule has 5 nitrogen and oxygen atoms in total. The third kappa shape index (κ3) is 3.29. The summed E-state index contributed by atoms with van der Waals surface area (Å²) in [5.74, 6) is 0. The van der Waals surface area contributed by atoms with Crippen molar-refractivity contribution >= 4 is 0 Å². The van der Waals surface area contributed by atoms with Crippen LogP contribution in [-0.2, 0) is 16.8 Å². The summed E-state index contributed by atoms with van der Waals surface area (Å²) in [6, 6.07) is 0.571. The maximum absolute atomic E-state index is 5.54. The van der Waals surface area contributed by atoms with Crippen LogP contribution in [0.25, 0.3) is 0 Å². The average molecular weight is 252 g/mol. The van der Waals surface area contributed by atoms with Crippen molar-refractivity contribution in [1.29, 1.82) is 0 Å². The van der Waals surface area contributed by atoms with E-state index in [0.717, 1.165) is 31.7 Å². The number of nitrogens with one attached hydrogen (secondary N) is 1. The fourth-order valence-corrected chi connectivity index (χ4v) is 2.06. The first-order valence-electron chi connectivity index (χ1n) is 6.75. The van der Waals surface area contributed by atoms with E-state index in [9.17, 15) is 0 Å². The van der Waals surface area contributed by atoms with Gasteiger partial charge < -0.3 is 10.1 Å². The Balaban J connectivity index is 1.73. The highest BCUT2D eigenvalue weighted by Gasteiger charge is 2.29. The van der Waals surface area contributed by atoms with E-state index < -0.39 is 0 Å². The molecule has 18 heavy (non-hydrogen) atoms. The predicted octanol–water partition coefficient (Wildman–Crippen LogP) is 1.69. The Labute approximate surface area is 109 Å². The van der Waals surface area contributed by atoms with Crippen LogP contribution in [0, 0.1) is 0 Å². The van der Waals surface area contributed by atoms with Crippen LogP contribution in [0.4, 0.5) is 0 Å². The van der Waals surface area contributed by atoms with Crippen molar-refractivity contribution in [2.24, 2.45) is 0 Å². The van der Waals surface area contributed by atoms with E-state index in [1.807, 2.05) is 17.8 Å². The maximum atomic E-state index is 5.54. The highest BCUT2D eigenvalue weighted by Crippen LogP contribution is 2.23. The Morgan fingerprint density at radius 2 is 2.17 bits per heavy atom. The molecule has 1 heterocycles. The number of hydrogen-bond acceptors (Lipinski definition) is 4. The van der Waals surface area contributed by atoms with Gasteiger partial charge in [0.2, 0.25) is 0 Å². The Morgan fingerprint density at radius 1 is 1.44 bits per heavy atom. The van der Waals surface area contributed by atoms with Crippen molar-refractivity contribution in [2.75, 3.05) is 6.61 Å². The zero-order valence-electron chi connectivity index (χ0n) is 11.8. The van der Waals surface area contributed by atoms with Gasteiger partial charge in [-0.1, -0.05) is 5.21 Å². The van der Waals surface area contributed by atoms with Crippen LogP contribution in [0.3, 0.4) is 0 Å². The molecule has 1 N–H and O–H groups in total. The van der Waals surface area contributed by atoms with E-state index in [0.29, 0.717) is 12.1 Å². The second-order valence-corrected chi connectivity index (χ2v) is 5.95. The van der Waals surface area contributed by atoms with Crippen molar-refractivity contribution < 1.29 is 4.74 Å². The summed E-state index contributed by atoms with van der Waals surface area (Å²) in [4.78, 5) is 0. The second-order valence-electron chi connectivity index (χ2n) is 5.95. The summed E-state index contributed by atoms with van der Waals surface area (Å²) in [7, 11) is 0. The lowest BCUT2D eigenvalue weighted by Gasteiger charge is -2.35. The molecule has 0 amide bonds. The highest BCUT2D eigenvalue weighted by molar-refractivity contribution is 4.96. The first-order valence-corrected chi connectivity index (χ1v) is 6.75. The predicted molar refractivity (Wildman–Crippen MR) is 70.3 cm³/mol. The van der Waals surface area contributed by atoms with Gasteiger partial charge in [-0.15, -0.1) is 5.10 Å². The van der Waals surface area contributed by atoms with Gasteiger partial charge >= 0.3 is 0 Å². The number of ether oxygens (including phenoxy) is 1. The van der Waals surface area contributed by atoms with Crippen molar-refractivity contribution in [3.05, 3.63) is 11.9 Å². The average Bonchev–Trinajstić information content (AvgIpc) is 2.69. The van der Waals surface area contributed by atoms with Crippen molar-refractivity contribution in [3.8, 4) is 0 Å². The molecular weight excluding hydrogens is 228 g/mol. The summed E-state index contributed by atoms with van der Waals surface area (Å²) in [5, 5.41) is 11.8. The molecule has 0 radical (unpaired) electrons. The Bertz CT molecular complexity index is 377. The summed E-state index contributed by atoms with van der Waals surface area (Å²) >= 11 is 0. The molecule has 0 unspecified atom stereocenters. The van der Waals surface area contributed by atoms with Crippen LogP contribution in [0.1, 0.15) is 46.2 Å². The standard InChI is InChI=1S/C13H24N4O/c1-5-18-12-6-10(7-12)14-8-11-9-17(16-15-11)13(2,3)4/h9-10,12,14H,5-8H2,1-4H3. The van der Waals surface area contributed by atoms with Gasteiger partial charge in [0.1, 0.15) is 0 Å². The van der Waals surface area contributed by atoms with Gasteiger partial charge in [-0.05, 0) is 40.5 Å². The molecule has 1 aliphatic rings. The molecule has 0 aromatic carbocycles. The summed E-state index contributed by atoms with van der Waals surface area (Å²) < 4.78 is 7.45. The zero-order valence-corrected chi connectivity index (χ0v) is 11.8. The SMILES string of the molecule is CCOC1CC(NCc2cn(C(C)(C)C)nn2)C1. The zero-order chi connectivity index (χ0) is 13.2. The minimum Gasteiger partial charge on any atom is -0.378 e. The minimum absolute atomic E-state index is 0.00177. The molecular formula is C13H24N4O. The van der Waals surface area contributed by atoms with Crippen LogP contribution in [0.15, 0.2) is 6.20 Å². The van der Waals surface area contributed by atoms with Crippen LogP contribution < -0.4 is 5.32 Å². The van der Waals surface area contributed by atoms with E-state index in [4.69, 9.17) is 4.74 Å². The van der Waals surface area contributed by atoms with Gasteiger partial charge in [0.15, 0.2) is 0 Å². The van der Waals surface area contributed by atoms with Crippen LogP contribution in [0.2, 0.25) is 0 Å². The first-order chi connectivity index (χ1) is 8.49. The molecule has 1 aromatic rings. The quantitative estimate of drug-likeness (QED) is 0.866. The second kappa shape index (κ2) is 5.36. The summed E-state index contributed by atoms with van der Waals surface area (Å²) in [6.07, 6.45) is 4.70. The molecule has 1 saturated carbocycles. The van der Waals surface area contributed by atoms with E-state index >= 15 is 0 Å². The van der Waals surface area contributed by atoms with E-state index in [1.165, 1.54) is 0 Å². The Hall–Kier alpha value is -0.940. The third-order valence-electron chi connectivity index (χ3n) is 3.30. The van der Waals surface area contributed by atoms with Crippen molar-refractivity contribution in [3.63, 3.8) is 0 Å². The normalized spacial score (nSPS) is 24.0. The molecule has 0 aliphatic heterocycles. The smallest absolute Gasteiger partial charge is 0.0965 e. The summed E-state index contributed by atoms with van der Waals surface area (Å²) in [5.41, 5.74) is 1.01. The lowest BCUT2D eigenvalue weighted by molar-refractivity contribution is -0.0103. The largest absolute Gasteiger partial charge is 0.378 e. The number of hydrogen-bond donors (Lipinski definition) is 1. The van der Waals surface area contributed by atoms with E-state index in [1.54, 1.807) is 0 Å². The third-order valence-corrected chi connectivity index (χ3v) is 3.30. The Morgan fingerprint density at radius 3 is 2.72 bits per heavy atom. The van der Waals surface area contributed by atoms with E-state index in [-0.39, 0.29) is 5.54 Å². The fourth-order valence-electron chi connectivity index (χ4n) is 2.06. The topological polar surface area (TPSA) is 52.0 Å². The Kier molecular flexibility index (Phi) is 4.02. The van der Waals surface area contributed by atoms with Crippen LogP contribution in [0.5, 0.6) is 0 Å². The highest BCUT2D eigenvalue weighted by atomic mass is 16.5. The molecule has 0 bridgehead atoms. The molecule has 1 aromatic heterocycles.